The van der Waals surface area contributed by atoms with Gasteiger partial charge >= 0.3 is 0 Å². The van der Waals surface area contributed by atoms with Crippen LogP contribution in [0.5, 0.6) is 5.75 Å². The zero-order chi connectivity index (χ0) is 19.0. The minimum absolute atomic E-state index is 0.0185. The number of carbonyl (C=O) groups excluding carboxylic acids is 2. The molecule has 1 aliphatic rings. The summed E-state index contributed by atoms with van der Waals surface area (Å²) in [5.41, 5.74) is 4.03. The molecular formula is C19H19N5O3. The molecule has 3 heterocycles. The summed E-state index contributed by atoms with van der Waals surface area (Å²) in [6, 6.07) is 7.24. The summed E-state index contributed by atoms with van der Waals surface area (Å²) in [6.45, 7) is 1.78. The second-order valence-corrected chi connectivity index (χ2v) is 6.51. The molecule has 2 N–H and O–H groups in total. The molecular weight excluding hydrogens is 346 g/mol. The second kappa shape index (κ2) is 6.71. The Morgan fingerprint density at radius 2 is 2.19 bits per heavy atom. The lowest BCUT2D eigenvalue weighted by atomic mass is 10.0. The van der Waals surface area contributed by atoms with E-state index in [0.29, 0.717) is 24.3 Å². The molecule has 138 valence electrons. The van der Waals surface area contributed by atoms with Gasteiger partial charge in [-0.1, -0.05) is 0 Å². The molecule has 0 aliphatic carbocycles. The Morgan fingerprint density at radius 3 is 3.04 bits per heavy atom. The lowest BCUT2D eigenvalue weighted by Gasteiger charge is -2.17. The molecule has 0 saturated heterocycles. The average molecular weight is 365 g/mol. The second-order valence-electron chi connectivity index (χ2n) is 6.51. The van der Waals surface area contributed by atoms with Crippen LogP contribution in [0.25, 0.3) is 11.0 Å². The smallest absolute Gasteiger partial charge is 0.262 e. The number of benzene rings is 1. The number of anilines is 2. The first-order valence-electron chi connectivity index (χ1n) is 8.64. The fourth-order valence-corrected chi connectivity index (χ4v) is 3.17. The number of amides is 2. The minimum Gasteiger partial charge on any atom is -0.484 e. The van der Waals surface area contributed by atoms with Gasteiger partial charge in [0.1, 0.15) is 5.75 Å². The van der Waals surface area contributed by atoms with E-state index in [0.717, 1.165) is 28.0 Å². The topological polar surface area (TPSA) is 98.1 Å². The first kappa shape index (κ1) is 17.0. The third-order valence-corrected chi connectivity index (χ3v) is 4.49. The molecule has 4 rings (SSSR count). The molecule has 2 aromatic heterocycles. The summed E-state index contributed by atoms with van der Waals surface area (Å²) in [5.74, 6) is 0.338. The van der Waals surface area contributed by atoms with E-state index in [9.17, 15) is 9.59 Å². The maximum atomic E-state index is 12.2. The summed E-state index contributed by atoms with van der Waals surface area (Å²) in [6.07, 6.45) is 2.73. The molecule has 0 radical (unpaired) electrons. The number of nitrogens with one attached hydrogen (secondary N) is 2. The van der Waals surface area contributed by atoms with E-state index < -0.39 is 0 Å². The lowest BCUT2D eigenvalue weighted by Crippen LogP contribution is -2.21. The van der Waals surface area contributed by atoms with Gasteiger partial charge in [0.25, 0.3) is 5.91 Å². The monoisotopic (exact) mass is 365 g/mol. The zero-order valence-corrected chi connectivity index (χ0v) is 15.1. The van der Waals surface area contributed by atoms with Crippen molar-refractivity contribution in [2.24, 2.45) is 7.05 Å². The Hall–Kier alpha value is -3.42. The van der Waals surface area contributed by atoms with Crippen LogP contribution in [-0.2, 0) is 23.1 Å². The van der Waals surface area contributed by atoms with Crippen molar-refractivity contribution < 1.29 is 14.3 Å². The van der Waals surface area contributed by atoms with Gasteiger partial charge in [0.05, 0.1) is 17.6 Å². The van der Waals surface area contributed by atoms with Gasteiger partial charge in [0, 0.05) is 24.5 Å². The van der Waals surface area contributed by atoms with Crippen LogP contribution >= 0.6 is 0 Å². The molecule has 0 spiro atoms. The number of fused-ring (bicyclic) bond motifs is 2. The van der Waals surface area contributed by atoms with Crippen molar-refractivity contribution in [1.82, 2.24) is 14.8 Å². The Morgan fingerprint density at radius 1 is 1.33 bits per heavy atom. The van der Waals surface area contributed by atoms with Gasteiger partial charge in [-0.25, -0.2) is 4.98 Å². The van der Waals surface area contributed by atoms with Gasteiger partial charge in [-0.2, -0.15) is 5.10 Å². The molecule has 0 saturated carbocycles. The molecule has 1 aromatic carbocycles. The minimum atomic E-state index is -0.274. The molecule has 0 fully saturated rings. The van der Waals surface area contributed by atoms with Crippen LogP contribution in [-0.4, -0.2) is 33.2 Å². The van der Waals surface area contributed by atoms with Crippen LogP contribution in [0.1, 0.15) is 17.7 Å². The number of aromatic nitrogens is 3. The molecule has 0 bridgehead atoms. The zero-order valence-electron chi connectivity index (χ0n) is 15.1. The van der Waals surface area contributed by atoms with E-state index in [4.69, 9.17) is 4.74 Å². The number of hydrogen-bond acceptors (Lipinski definition) is 5. The molecule has 0 atom stereocenters. The largest absolute Gasteiger partial charge is 0.484 e. The molecule has 1 aliphatic heterocycles. The van der Waals surface area contributed by atoms with Gasteiger partial charge in [0.2, 0.25) is 5.91 Å². The lowest BCUT2D eigenvalue weighted by molar-refractivity contribution is -0.118. The van der Waals surface area contributed by atoms with Crippen LogP contribution in [0.2, 0.25) is 0 Å². The molecule has 8 heteroatoms. The highest BCUT2D eigenvalue weighted by atomic mass is 16.5. The average Bonchev–Trinajstić information content (AvgIpc) is 2.93. The van der Waals surface area contributed by atoms with Crippen LogP contribution in [0, 0.1) is 6.92 Å². The van der Waals surface area contributed by atoms with E-state index in [1.807, 2.05) is 26.1 Å². The van der Waals surface area contributed by atoms with Crippen molar-refractivity contribution in [3.8, 4) is 5.75 Å². The normalized spacial score (nSPS) is 13.2. The van der Waals surface area contributed by atoms with Gasteiger partial charge in [-0.3, -0.25) is 14.3 Å². The summed E-state index contributed by atoms with van der Waals surface area (Å²) in [5, 5.41) is 10.8. The van der Waals surface area contributed by atoms with Crippen LogP contribution in [0.4, 0.5) is 11.4 Å². The highest BCUT2D eigenvalue weighted by Gasteiger charge is 2.15. The van der Waals surface area contributed by atoms with Crippen molar-refractivity contribution >= 4 is 34.2 Å². The summed E-state index contributed by atoms with van der Waals surface area (Å²) in [4.78, 5) is 27.9. The fourth-order valence-electron chi connectivity index (χ4n) is 3.17. The first-order chi connectivity index (χ1) is 13.0. The van der Waals surface area contributed by atoms with Gasteiger partial charge in [-0.15, -0.1) is 0 Å². The molecule has 2 amide bonds. The molecule has 27 heavy (non-hydrogen) atoms. The summed E-state index contributed by atoms with van der Waals surface area (Å²) < 4.78 is 7.29. The van der Waals surface area contributed by atoms with E-state index >= 15 is 0 Å². The number of aryl methyl sites for hydroxylation is 3. The number of pyridine rings is 1. The van der Waals surface area contributed by atoms with Crippen LogP contribution in [0.15, 0.2) is 30.5 Å². The van der Waals surface area contributed by atoms with Crippen molar-refractivity contribution in [2.75, 3.05) is 17.2 Å². The molecule has 8 nitrogen and oxygen atoms in total. The van der Waals surface area contributed by atoms with E-state index in [1.165, 1.54) is 0 Å². The Balaban J connectivity index is 1.40. The van der Waals surface area contributed by atoms with Gasteiger partial charge in [-0.05, 0) is 43.2 Å². The van der Waals surface area contributed by atoms with E-state index in [1.54, 1.807) is 23.0 Å². The number of carbonyl (C=O) groups is 2. The highest BCUT2D eigenvalue weighted by Crippen LogP contribution is 2.26. The maximum absolute atomic E-state index is 12.2. The third kappa shape index (κ3) is 3.46. The predicted molar refractivity (Wildman–Crippen MR) is 101 cm³/mol. The highest BCUT2D eigenvalue weighted by molar-refractivity contribution is 5.95. The summed E-state index contributed by atoms with van der Waals surface area (Å²) >= 11 is 0. The number of rotatable bonds is 4. The maximum Gasteiger partial charge on any atom is 0.262 e. The fraction of sp³-hybridized carbons (Fsp3) is 0.263. The van der Waals surface area contributed by atoms with E-state index in [-0.39, 0.29) is 18.4 Å². The first-order valence-corrected chi connectivity index (χ1v) is 8.64. The SMILES string of the molecule is Cc1nn(C)c2ncc(NC(=O)COc3ccc4c(c3)CCC(=O)N4)cc12. The molecule has 3 aromatic rings. The quantitative estimate of drug-likeness (QED) is 0.738. The molecule has 0 unspecified atom stereocenters. The number of nitrogens with zero attached hydrogens (tertiary/aromatic N) is 3. The predicted octanol–water partition coefficient (Wildman–Crippen LogP) is 2.18. The standard InChI is InChI=1S/C19H19N5O3/c1-11-15-8-13(9-20-19(15)24(2)23-11)21-18(26)10-27-14-4-5-16-12(7-14)3-6-17(25)22-16/h4-5,7-9H,3,6,10H2,1-2H3,(H,21,26)(H,22,25). The number of ether oxygens (including phenoxy) is 1. The Labute approximate surface area is 155 Å². The van der Waals surface area contributed by atoms with Gasteiger partial charge in [0.15, 0.2) is 12.3 Å². The Kier molecular flexibility index (Phi) is 4.23. The van der Waals surface area contributed by atoms with Gasteiger partial charge < -0.3 is 15.4 Å². The van der Waals surface area contributed by atoms with Crippen molar-refractivity contribution in [1.29, 1.82) is 0 Å². The van der Waals surface area contributed by atoms with E-state index in [2.05, 4.69) is 20.7 Å². The van der Waals surface area contributed by atoms with Crippen molar-refractivity contribution in [2.45, 2.75) is 19.8 Å². The summed E-state index contributed by atoms with van der Waals surface area (Å²) in [7, 11) is 1.83. The van der Waals surface area contributed by atoms with Crippen molar-refractivity contribution in [3.05, 3.63) is 41.7 Å². The third-order valence-electron chi connectivity index (χ3n) is 4.49. The van der Waals surface area contributed by atoms with Crippen LogP contribution < -0.4 is 15.4 Å². The van der Waals surface area contributed by atoms with Crippen molar-refractivity contribution in [3.63, 3.8) is 0 Å². The Bertz CT molecular complexity index is 1060. The number of hydrogen-bond donors (Lipinski definition) is 2. The van der Waals surface area contributed by atoms with Crippen LogP contribution in [0.3, 0.4) is 0 Å².